The molecule has 0 spiro atoms. The van der Waals surface area contributed by atoms with Crippen molar-refractivity contribution in [3.05, 3.63) is 95.2 Å². The molecule has 0 saturated carbocycles. The number of hydrogen-bond donors (Lipinski definition) is 1. The van der Waals surface area contributed by atoms with Crippen LogP contribution in [0.1, 0.15) is 22.3 Å². The third-order valence-electron chi connectivity index (χ3n) is 5.46. The maximum atomic E-state index is 13.1. The van der Waals surface area contributed by atoms with E-state index in [9.17, 15) is 13.2 Å². The van der Waals surface area contributed by atoms with Crippen molar-refractivity contribution in [1.29, 1.82) is 0 Å². The standard InChI is InChI=1S/C25H17F3N2O/c1-31-17-10-11-19-21(14-30-23(19)12-17)24(15-6-8-16(9-7-15)25(26,27)28)20-13-29-22-5-3-2-4-18(20)22/h2-14,30H,1H3. The molecular formula is C25H17F3N2O. The fraction of sp³-hybridized carbons (Fsp3) is 0.0800. The molecule has 154 valence electrons. The molecule has 0 bridgehead atoms. The Morgan fingerprint density at radius 2 is 1.74 bits per heavy atom. The largest absolute Gasteiger partial charge is 0.497 e. The van der Waals surface area contributed by atoms with Crippen molar-refractivity contribution in [3.8, 4) is 5.75 Å². The van der Waals surface area contributed by atoms with Crippen molar-refractivity contribution >= 4 is 34.0 Å². The van der Waals surface area contributed by atoms with E-state index in [-0.39, 0.29) is 0 Å². The number of nitrogens with zero attached hydrogens (tertiary/aromatic N) is 1. The molecule has 6 heteroatoms. The highest BCUT2D eigenvalue weighted by atomic mass is 19.4. The van der Waals surface area contributed by atoms with E-state index in [0.29, 0.717) is 5.56 Å². The Morgan fingerprint density at radius 3 is 2.48 bits per heavy atom. The number of ether oxygens (including phenoxy) is 1. The molecule has 5 rings (SSSR count). The van der Waals surface area contributed by atoms with E-state index in [1.807, 2.05) is 48.7 Å². The van der Waals surface area contributed by atoms with Crippen LogP contribution in [0.4, 0.5) is 18.9 Å². The molecule has 0 amide bonds. The van der Waals surface area contributed by atoms with Crippen LogP contribution in [0.5, 0.6) is 5.75 Å². The number of aromatic nitrogens is 1. The summed E-state index contributed by atoms with van der Waals surface area (Å²) < 4.78 is 44.7. The van der Waals surface area contributed by atoms with E-state index in [1.54, 1.807) is 13.3 Å². The van der Waals surface area contributed by atoms with E-state index in [1.165, 1.54) is 12.1 Å². The summed E-state index contributed by atoms with van der Waals surface area (Å²) in [6.45, 7) is 0. The van der Waals surface area contributed by atoms with Gasteiger partial charge < -0.3 is 9.72 Å². The Balaban J connectivity index is 1.76. The second kappa shape index (κ2) is 7.16. The van der Waals surface area contributed by atoms with Gasteiger partial charge in [-0.05, 0) is 35.9 Å². The van der Waals surface area contributed by atoms with Gasteiger partial charge in [0.15, 0.2) is 0 Å². The van der Waals surface area contributed by atoms with E-state index in [2.05, 4.69) is 9.98 Å². The molecule has 4 aromatic rings. The molecule has 3 nitrogen and oxygen atoms in total. The van der Waals surface area contributed by atoms with Crippen LogP contribution in [-0.4, -0.2) is 18.3 Å². The smallest absolute Gasteiger partial charge is 0.416 e. The summed E-state index contributed by atoms with van der Waals surface area (Å²) in [5, 5.41) is 0.945. The zero-order valence-electron chi connectivity index (χ0n) is 16.5. The van der Waals surface area contributed by atoms with Gasteiger partial charge in [0.1, 0.15) is 5.75 Å². The van der Waals surface area contributed by atoms with Crippen LogP contribution in [0, 0.1) is 0 Å². The normalized spacial score (nSPS) is 14.7. The molecule has 1 aromatic heterocycles. The zero-order chi connectivity index (χ0) is 21.6. The quantitative estimate of drug-likeness (QED) is 0.387. The van der Waals surface area contributed by atoms with Crippen LogP contribution in [0.3, 0.4) is 0 Å². The van der Waals surface area contributed by atoms with Crippen molar-refractivity contribution in [3.63, 3.8) is 0 Å². The van der Waals surface area contributed by atoms with E-state index in [0.717, 1.165) is 56.7 Å². The molecule has 31 heavy (non-hydrogen) atoms. The first kappa shape index (κ1) is 19.2. The van der Waals surface area contributed by atoms with Crippen LogP contribution in [0.2, 0.25) is 0 Å². The summed E-state index contributed by atoms with van der Waals surface area (Å²) in [7, 11) is 1.60. The minimum atomic E-state index is -4.38. The highest BCUT2D eigenvalue weighted by molar-refractivity contribution is 6.27. The van der Waals surface area contributed by atoms with Gasteiger partial charge in [0, 0.05) is 51.7 Å². The van der Waals surface area contributed by atoms with E-state index in [4.69, 9.17) is 4.74 Å². The van der Waals surface area contributed by atoms with Crippen molar-refractivity contribution in [1.82, 2.24) is 4.98 Å². The minimum absolute atomic E-state index is 0.676. The number of alkyl halides is 3. The van der Waals surface area contributed by atoms with Gasteiger partial charge in [-0.2, -0.15) is 13.2 Å². The average molecular weight is 418 g/mol. The molecule has 0 unspecified atom stereocenters. The number of hydrogen-bond acceptors (Lipinski definition) is 2. The number of rotatable bonds is 3. The van der Waals surface area contributed by atoms with Gasteiger partial charge in [-0.25, -0.2) is 0 Å². The zero-order valence-corrected chi connectivity index (χ0v) is 16.5. The van der Waals surface area contributed by atoms with E-state index >= 15 is 0 Å². The van der Waals surface area contributed by atoms with Gasteiger partial charge in [-0.3, -0.25) is 4.99 Å². The number of aliphatic imine (C=N–C) groups is 1. The van der Waals surface area contributed by atoms with Crippen LogP contribution in [-0.2, 0) is 6.18 Å². The van der Waals surface area contributed by atoms with Gasteiger partial charge in [0.25, 0.3) is 0 Å². The summed E-state index contributed by atoms with van der Waals surface area (Å²) in [6.07, 6.45) is -0.733. The number of methoxy groups -OCH3 is 1. The Hall–Kier alpha value is -3.80. The lowest BCUT2D eigenvalue weighted by atomic mass is 9.89. The maximum Gasteiger partial charge on any atom is 0.416 e. The first-order valence-corrected chi connectivity index (χ1v) is 9.66. The molecule has 1 aliphatic heterocycles. The summed E-state index contributed by atoms with van der Waals surface area (Å²) in [5.74, 6) is 0.720. The predicted octanol–water partition coefficient (Wildman–Crippen LogP) is 6.87. The Labute approximate surface area is 176 Å². The molecule has 2 heterocycles. The van der Waals surface area contributed by atoms with Crippen molar-refractivity contribution in [2.75, 3.05) is 7.11 Å². The van der Waals surface area contributed by atoms with E-state index < -0.39 is 11.7 Å². The number of fused-ring (bicyclic) bond motifs is 2. The Morgan fingerprint density at radius 1 is 0.968 bits per heavy atom. The molecule has 0 saturated heterocycles. The van der Waals surface area contributed by atoms with Gasteiger partial charge in [0.2, 0.25) is 0 Å². The second-order valence-electron chi connectivity index (χ2n) is 7.25. The topological polar surface area (TPSA) is 37.4 Å². The molecule has 3 aromatic carbocycles. The van der Waals surface area contributed by atoms with Gasteiger partial charge >= 0.3 is 6.18 Å². The molecule has 0 aliphatic carbocycles. The van der Waals surface area contributed by atoms with Crippen LogP contribution < -0.4 is 4.74 Å². The fourth-order valence-corrected chi connectivity index (χ4v) is 3.94. The lowest BCUT2D eigenvalue weighted by molar-refractivity contribution is -0.137. The number of para-hydroxylation sites is 1. The third kappa shape index (κ3) is 3.30. The van der Waals surface area contributed by atoms with Gasteiger partial charge in [-0.15, -0.1) is 0 Å². The van der Waals surface area contributed by atoms with Crippen molar-refractivity contribution in [2.24, 2.45) is 4.99 Å². The molecule has 1 N–H and O–H groups in total. The highest BCUT2D eigenvalue weighted by Crippen LogP contribution is 2.42. The molecule has 0 fully saturated rings. The monoisotopic (exact) mass is 418 g/mol. The lowest BCUT2D eigenvalue weighted by Gasteiger charge is -2.14. The van der Waals surface area contributed by atoms with Gasteiger partial charge in [0.05, 0.1) is 18.4 Å². The number of benzene rings is 3. The molecule has 1 aliphatic rings. The van der Waals surface area contributed by atoms with Crippen LogP contribution in [0.15, 0.2) is 77.9 Å². The third-order valence-corrected chi connectivity index (χ3v) is 5.46. The molecule has 0 radical (unpaired) electrons. The fourth-order valence-electron chi connectivity index (χ4n) is 3.94. The van der Waals surface area contributed by atoms with Gasteiger partial charge in [-0.1, -0.05) is 30.3 Å². The summed E-state index contributed by atoms with van der Waals surface area (Å²) in [6, 6.07) is 18.7. The number of nitrogens with one attached hydrogen (secondary N) is 1. The first-order chi connectivity index (χ1) is 15.0. The predicted molar refractivity (Wildman–Crippen MR) is 117 cm³/mol. The van der Waals surface area contributed by atoms with Crippen LogP contribution >= 0.6 is 0 Å². The Bertz CT molecular complexity index is 1350. The lowest BCUT2D eigenvalue weighted by Crippen LogP contribution is -2.04. The minimum Gasteiger partial charge on any atom is -0.497 e. The summed E-state index contributed by atoms with van der Waals surface area (Å²) in [4.78, 5) is 7.77. The highest BCUT2D eigenvalue weighted by Gasteiger charge is 2.30. The maximum absolute atomic E-state index is 13.1. The second-order valence-corrected chi connectivity index (χ2v) is 7.25. The average Bonchev–Trinajstić information content (AvgIpc) is 3.38. The number of aromatic amines is 1. The summed E-state index contributed by atoms with van der Waals surface area (Å²) in [5.41, 5.74) is 5.24. The van der Waals surface area contributed by atoms with Crippen molar-refractivity contribution in [2.45, 2.75) is 6.18 Å². The first-order valence-electron chi connectivity index (χ1n) is 9.66. The number of allylic oxidation sites excluding steroid dienone is 1. The molecule has 0 atom stereocenters. The SMILES string of the molecule is COc1ccc2c(C(=C3C=Nc4ccccc43)c3ccc(C(F)(F)F)cc3)c[nH]c2c1. The number of H-pyrrole nitrogens is 1. The summed E-state index contributed by atoms with van der Waals surface area (Å²) >= 11 is 0. The number of halogens is 3. The Kier molecular flexibility index (Phi) is 4.43. The van der Waals surface area contributed by atoms with Crippen molar-refractivity contribution < 1.29 is 17.9 Å². The van der Waals surface area contributed by atoms with Crippen LogP contribution in [0.25, 0.3) is 22.0 Å². The molecular weight excluding hydrogens is 401 g/mol.